The van der Waals surface area contributed by atoms with Crippen molar-refractivity contribution in [1.29, 1.82) is 0 Å². The number of carbonyl (C=O) groups excluding carboxylic acids is 1. The minimum atomic E-state index is -3.37. The summed E-state index contributed by atoms with van der Waals surface area (Å²) in [4.78, 5) is 12.4. The molecule has 0 aliphatic carbocycles. The second-order valence-corrected chi connectivity index (χ2v) is 7.65. The quantitative estimate of drug-likeness (QED) is 0.843. The van der Waals surface area contributed by atoms with E-state index < -0.39 is 10.0 Å². The first-order chi connectivity index (χ1) is 11.3. The van der Waals surface area contributed by atoms with Crippen LogP contribution in [0.15, 0.2) is 48.5 Å². The summed E-state index contributed by atoms with van der Waals surface area (Å²) in [6.45, 7) is 5.48. The van der Waals surface area contributed by atoms with E-state index in [-0.39, 0.29) is 17.7 Å². The number of hydrogen-bond acceptors (Lipinski definition) is 3. The van der Waals surface area contributed by atoms with Gasteiger partial charge in [0.25, 0.3) is 5.91 Å². The summed E-state index contributed by atoms with van der Waals surface area (Å²) < 4.78 is 25.7. The van der Waals surface area contributed by atoms with E-state index in [0.29, 0.717) is 11.3 Å². The molecule has 2 N–H and O–H groups in total. The molecule has 5 nitrogen and oxygen atoms in total. The molecule has 0 aromatic heterocycles. The molecule has 2 aromatic carbocycles. The lowest BCUT2D eigenvalue weighted by Gasteiger charge is -2.17. The van der Waals surface area contributed by atoms with E-state index in [2.05, 4.69) is 10.0 Å². The van der Waals surface area contributed by atoms with Gasteiger partial charge in [-0.15, -0.1) is 0 Å². The Morgan fingerprint density at radius 2 is 1.83 bits per heavy atom. The van der Waals surface area contributed by atoms with Crippen LogP contribution in [-0.4, -0.2) is 20.1 Å². The second kappa shape index (κ2) is 7.49. The molecule has 24 heavy (non-hydrogen) atoms. The van der Waals surface area contributed by atoms with Gasteiger partial charge in [-0.2, -0.15) is 0 Å². The third-order valence-electron chi connectivity index (χ3n) is 3.78. The first kappa shape index (κ1) is 18.0. The average molecular weight is 346 g/mol. The van der Waals surface area contributed by atoms with Gasteiger partial charge in [0, 0.05) is 11.3 Å². The molecule has 0 spiro atoms. The Kier molecular flexibility index (Phi) is 5.62. The van der Waals surface area contributed by atoms with Crippen molar-refractivity contribution < 1.29 is 13.2 Å². The highest BCUT2D eigenvalue weighted by Crippen LogP contribution is 2.18. The predicted octanol–water partition coefficient (Wildman–Crippen LogP) is 3.25. The number of amides is 1. The smallest absolute Gasteiger partial charge is 0.251 e. The van der Waals surface area contributed by atoms with Gasteiger partial charge in [-0.25, -0.2) is 8.42 Å². The molecule has 6 heteroatoms. The monoisotopic (exact) mass is 346 g/mol. The zero-order valence-electron chi connectivity index (χ0n) is 14.0. The minimum absolute atomic E-state index is 0.0201. The molecule has 1 amide bonds. The Labute approximate surface area is 143 Å². The number of rotatable bonds is 6. The molecule has 0 aliphatic heterocycles. The normalized spacial score (nSPS) is 12.5. The van der Waals surface area contributed by atoms with Crippen LogP contribution in [0.3, 0.4) is 0 Å². The van der Waals surface area contributed by atoms with Gasteiger partial charge in [-0.1, -0.05) is 30.3 Å². The van der Waals surface area contributed by atoms with Crippen LogP contribution in [0.4, 0.5) is 5.69 Å². The second-order valence-electron chi connectivity index (χ2n) is 5.64. The number of benzene rings is 2. The maximum Gasteiger partial charge on any atom is 0.251 e. The Balaban J connectivity index is 2.14. The predicted molar refractivity (Wildman–Crippen MR) is 96.6 cm³/mol. The van der Waals surface area contributed by atoms with Gasteiger partial charge in [0.05, 0.1) is 11.8 Å². The minimum Gasteiger partial charge on any atom is -0.346 e. The summed E-state index contributed by atoms with van der Waals surface area (Å²) in [5.74, 6) is -0.267. The number of nitrogens with one attached hydrogen (secondary N) is 2. The summed E-state index contributed by atoms with van der Waals surface area (Å²) >= 11 is 0. The number of hydrogen-bond donors (Lipinski definition) is 2. The van der Waals surface area contributed by atoms with Crippen LogP contribution < -0.4 is 10.0 Å². The molecular formula is C18H22N2O3S. The van der Waals surface area contributed by atoms with E-state index in [1.54, 1.807) is 25.1 Å². The summed E-state index contributed by atoms with van der Waals surface area (Å²) in [7, 11) is -3.37. The van der Waals surface area contributed by atoms with Gasteiger partial charge in [-0.05, 0) is 50.1 Å². The Morgan fingerprint density at radius 1 is 1.12 bits per heavy atom. The average Bonchev–Trinajstić information content (AvgIpc) is 2.55. The molecule has 0 fully saturated rings. The summed E-state index contributed by atoms with van der Waals surface area (Å²) in [5.41, 5.74) is 2.95. The standard InChI is InChI=1S/C18H22N2O3S/c1-4-24(22,23)20-16-10-7-9-15(12-16)18(21)19-14(3)17-11-6-5-8-13(17)2/h5-12,14,20H,4H2,1-3H3,(H,19,21). The number of sulfonamides is 1. The van der Waals surface area contributed by atoms with Crippen molar-refractivity contribution in [3.8, 4) is 0 Å². The van der Waals surface area contributed by atoms with E-state index in [1.165, 1.54) is 6.07 Å². The van der Waals surface area contributed by atoms with E-state index in [9.17, 15) is 13.2 Å². The number of carbonyl (C=O) groups is 1. The van der Waals surface area contributed by atoms with Gasteiger partial charge in [0.2, 0.25) is 10.0 Å². The van der Waals surface area contributed by atoms with Crippen molar-refractivity contribution in [2.75, 3.05) is 10.5 Å². The molecule has 128 valence electrons. The van der Waals surface area contributed by atoms with Crippen molar-refractivity contribution in [1.82, 2.24) is 5.32 Å². The molecule has 2 rings (SSSR count). The highest BCUT2D eigenvalue weighted by molar-refractivity contribution is 7.92. The van der Waals surface area contributed by atoms with Gasteiger partial charge in [0.15, 0.2) is 0 Å². The van der Waals surface area contributed by atoms with Gasteiger partial charge in [-0.3, -0.25) is 9.52 Å². The summed E-state index contributed by atoms with van der Waals surface area (Å²) in [5, 5.41) is 2.94. The zero-order valence-corrected chi connectivity index (χ0v) is 14.9. The van der Waals surface area contributed by atoms with E-state index in [1.807, 2.05) is 38.1 Å². The maximum atomic E-state index is 12.4. The van der Waals surface area contributed by atoms with Crippen molar-refractivity contribution in [2.24, 2.45) is 0 Å². The SMILES string of the molecule is CCS(=O)(=O)Nc1cccc(C(=O)NC(C)c2ccccc2C)c1. The lowest BCUT2D eigenvalue weighted by atomic mass is 10.0. The molecule has 0 saturated carbocycles. The topological polar surface area (TPSA) is 75.3 Å². The fourth-order valence-electron chi connectivity index (χ4n) is 2.41. The lowest BCUT2D eigenvalue weighted by Crippen LogP contribution is -2.27. The molecule has 0 bridgehead atoms. The van der Waals surface area contributed by atoms with Crippen LogP contribution in [0.25, 0.3) is 0 Å². The molecule has 0 radical (unpaired) electrons. The fraction of sp³-hybridized carbons (Fsp3) is 0.278. The van der Waals surface area contributed by atoms with Crippen LogP contribution in [0, 0.1) is 6.92 Å². The molecule has 0 aliphatic rings. The van der Waals surface area contributed by atoms with Crippen molar-refractivity contribution in [2.45, 2.75) is 26.8 Å². The van der Waals surface area contributed by atoms with Crippen molar-refractivity contribution >= 4 is 21.6 Å². The van der Waals surface area contributed by atoms with E-state index in [0.717, 1.165) is 11.1 Å². The third-order valence-corrected chi connectivity index (χ3v) is 5.09. The number of anilines is 1. The molecule has 1 unspecified atom stereocenters. The molecular weight excluding hydrogens is 324 g/mol. The zero-order chi connectivity index (χ0) is 17.7. The maximum absolute atomic E-state index is 12.4. The van der Waals surface area contributed by atoms with Crippen molar-refractivity contribution in [3.05, 3.63) is 65.2 Å². The highest BCUT2D eigenvalue weighted by Gasteiger charge is 2.14. The largest absolute Gasteiger partial charge is 0.346 e. The highest BCUT2D eigenvalue weighted by atomic mass is 32.2. The van der Waals surface area contributed by atoms with Gasteiger partial charge in [0.1, 0.15) is 0 Å². The Morgan fingerprint density at radius 3 is 2.50 bits per heavy atom. The molecule has 0 saturated heterocycles. The van der Waals surface area contributed by atoms with E-state index in [4.69, 9.17) is 0 Å². The van der Waals surface area contributed by atoms with Crippen LogP contribution in [0.2, 0.25) is 0 Å². The van der Waals surface area contributed by atoms with Crippen LogP contribution in [0.5, 0.6) is 0 Å². The molecule has 0 heterocycles. The van der Waals surface area contributed by atoms with Crippen LogP contribution in [-0.2, 0) is 10.0 Å². The van der Waals surface area contributed by atoms with E-state index >= 15 is 0 Å². The first-order valence-electron chi connectivity index (χ1n) is 7.79. The Bertz CT molecular complexity index is 832. The Hall–Kier alpha value is -2.34. The summed E-state index contributed by atoms with van der Waals surface area (Å²) in [6, 6.07) is 14.2. The van der Waals surface area contributed by atoms with Gasteiger partial charge >= 0.3 is 0 Å². The van der Waals surface area contributed by atoms with Crippen LogP contribution in [0.1, 0.15) is 41.4 Å². The first-order valence-corrected chi connectivity index (χ1v) is 9.44. The molecule has 1 atom stereocenters. The van der Waals surface area contributed by atoms with Crippen molar-refractivity contribution in [3.63, 3.8) is 0 Å². The summed E-state index contributed by atoms with van der Waals surface area (Å²) in [6.07, 6.45) is 0. The number of aryl methyl sites for hydroxylation is 1. The van der Waals surface area contributed by atoms with Crippen LogP contribution >= 0.6 is 0 Å². The molecule has 2 aromatic rings. The lowest BCUT2D eigenvalue weighted by molar-refractivity contribution is 0.0940. The third kappa shape index (κ3) is 4.58. The fourth-order valence-corrected chi connectivity index (χ4v) is 3.04. The van der Waals surface area contributed by atoms with Gasteiger partial charge < -0.3 is 5.32 Å².